The van der Waals surface area contributed by atoms with Crippen LogP contribution in [0.15, 0.2) is 36.4 Å². The number of aromatic nitrogens is 2. The number of rotatable bonds is 7. The van der Waals surface area contributed by atoms with Crippen molar-refractivity contribution in [3.63, 3.8) is 0 Å². The molecule has 4 N–H and O–H groups in total. The number of nitrogens with zero attached hydrogens (tertiary/aromatic N) is 2. The Bertz CT molecular complexity index is 556. The highest BCUT2D eigenvalue weighted by molar-refractivity contribution is 5.61. The van der Waals surface area contributed by atoms with Crippen molar-refractivity contribution in [2.75, 3.05) is 10.7 Å². The van der Waals surface area contributed by atoms with Gasteiger partial charge in [0.2, 0.25) is 0 Å². The molecule has 1 unspecified atom stereocenters. The van der Waals surface area contributed by atoms with Gasteiger partial charge in [0.1, 0.15) is 11.6 Å². The predicted molar refractivity (Wildman–Crippen MR) is 87.9 cm³/mol. The zero-order chi connectivity index (χ0) is 15.1. The monoisotopic (exact) mass is 285 g/mol. The van der Waals surface area contributed by atoms with Gasteiger partial charge in [0, 0.05) is 17.7 Å². The van der Waals surface area contributed by atoms with Crippen molar-refractivity contribution in [3.05, 3.63) is 36.4 Å². The zero-order valence-corrected chi connectivity index (χ0v) is 12.6. The second kappa shape index (κ2) is 7.59. The fraction of sp³-hybridized carbons (Fsp3) is 0.375. The molecule has 1 aromatic carbocycles. The van der Waals surface area contributed by atoms with Gasteiger partial charge in [0.05, 0.1) is 0 Å². The predicted octanol–water partition coefficient (Wildman–Crippen LogP) is 3.42. The third kappa shape index (κ3) is 4.43. The molecule has 0 amide bonds. The molecule has 0 spiro atoms. The lowest BCUT2D eigenvalue weighted by molar-refractivity contribution is 0.643. The molecular formula is C16H23N5. The molecule has 0 saturated heterocycles. The minimum absolute atomic E-state index is 0.370. The van der Waals surface area contributed by atoms with Gasteiger partial charge in [-0.05, 0) is 13.3 Å². The van der Waals surface area contributed by atoms with Crippen LogP contribution >= 0.6 is 0 Å². The van der Waals surface area contributed by atoms with Crippen molar-refractivity contribution in [3.8, 4) is 11.4 Å². The maximum atomic E-state index is 5.51. The second-order valence-corrected chi connectivity index (χ2v) is 5.16. The molecule has 0 aliphatic carbocycles. The van der Waals surface area contributed by atoms with Crippen molar-refractivity contribution in [2.45, 2.75) is 39.2 Å². The van der Waals surface area contributed by atoms with Crippen LogP contribution in [0.4, 0.5) is 11.6 Å². The normalized spacial score (nSPS) is 12.0. The summed E-state index contributed by atoms with van der Waals surface area (Å²) in [7, 11) is 0. The number of nitrogens with two attached hydrogens (primary N) is 1. The third-order valence-electron chi connectivity index (χ3n) is 3.29. The van der Waals surface area contributed by atoms with E-state index < -0.39 is 0 Å². The van der Waals surface area contributed by atoms with Crippen LogP contribution in [0, 0.1) is 0 Å². The Balaban J connectivity index is 2.22. The molecule has 21 heavy (non-hydrogen) atoms. The SMILES string of the molecule is CCCCC(C)Nc1cc(NN)nc(-c2ccccc2)n1. The minimum atomic E-state index is 0.370. The van der Waals surface area contributed by atoms with E-state index in [0.29, 0.717) is 17.7 Å². The highest BCUT2D eigenvalue weighted by atomic mass is 15.3. The number of nitrogens with one attached hydrogen (secondary N) is 2. The number of anilines is 2. The zero-order valence-electron chi connectivity index (χ0n) is 12.6. The summed E-state index contributed by atoms with van der Waals surface area (Å²) in [4.78, 5) is 8.99. The van der Waals surface area contributed by atoms with E-state index >= 15 is 0 Å². The van der Waals surface area contributed by atoms with Crippen molar-refractivity contribution >= 4 is 11.6 Å². The van der Waals surface area contributed by atoms with Gasteiger partial charge in [-0.2, -0.15) is 0 Å². The Morgan fingerprint density at radius 3 is 2.52 bits per heavy atom. The third-order valence-corrected chi connectivity index (χ3v) is 3.29. The van der Waals surface area contributed by atoms with Gasteiger partial charge in [-0.1, -0.05) is 50.1 Å². The maximum Gasteiger partial charge on any atom is 0.163 e. The molecule has 5 nitrogen and oxygen atoms in total. The van der Waals surface area contributed by atoms with Crippen LogP contribution in [0.5, 0.6) is 0 Å². The summed E-state index contributed by atoms with van der Waals surface area (Å²) in [5, 5.41) is 3.41. The molecule has 1 atom stereocenters. The van der Waals surface area contributed by atoms with E-state index in [4.69, 9.17) is 5.84 Å². The Morgan fingerprint density at radius 2 is 1.86 bits per heavy atom. The molecule has 112 valence electrons. The molecule has 2 rings (SSSR count). The number of nitrogen functional groups attached to an aromatic ring is 1. The van der Waals surface area contributed by atoms with Crippen LogP contribution in [0.2, 0.25) is 0 Å². The minimum Gasteiger partial charge on any atom is -0.367 e. The molecule has 0 aliphatic heterocycles. The number of hydrogen-bond acceptors (Lipinski definition) is 5. The van der Waals surface area contributed by atoms with Crippen LogP contribution in [-0.4, -0.2) is 16.0 Å². The Kier molecular flexibility index (Phi) is 5.51. The molecule has 0 saturated carbocycles. The average molecular weight is 285 g/mol. The van der Waals surface area contributed by atoms with E-state index in [9.17, 15) is 0 Å². The first-order valence-corrected chi connectivity index (χ1v) is 7.40. The number of unbranched alkanes of at least 4 members (excludes halogenated alkanes) is 1. The number of hydrogen-bond donors (Lipinski definition) is 3. The van der Waals surface area contributed by atoms with E-state index in [2.05, 4.69) is 34.6 Å². The molecule has 0 fully saturated rings. The van der Waals surface area contributed by atoms with E-state index in [1.807, 2.05) is 36.4 Å². The summed E-state index contributed by atoms with van der Waals surface area (Å²) >= 11 is 0. The van der Waals surface area contributed by atoms with Crippen LogP contribution in [0.25, 0.3) is 11.4 Å². The van der Waals surface area contributed by atoms with Crippen molar-refractivity contribution in [1.29, 1.82) is 0 Å². The molecule has 0 bridgehead atoms. The van der Waals surface area contributed by atoms with Gasteiger partial charge in [-0.15, -0.1) is 0 Å². The van der Waals surface area contributed by atoms with Crippen LogP contribution in [-0.2, 0) is 0 Å². The van der Waals surface area contributed by atoms with Gasteiger partial charge in [0.25, 0.3) is 0 Å². The topological polar surface area (TPSA) is 75.9 Å². The highest BCUT2D eigenvalue weighted by Gasteiger charge is 2.08. The summed E-state index contributed by atoms with van der Waals surface area (Å²) in [6.07, 6.45) is 3.51. The molecule has 5 heteroatoms. The summed E-state index contributed by atoms with van der Waals surface area (Å²) in [6.45, 7) is 4.36. The lowest BCUT2D eigenvalue weighted by atomic mass is 10.1. The summed E-state index contributed by atoms with van der Waals surface area (Å²) in [5.41, 5.74) is 3.57. The first-order valence-electron chi connectivity index (χ1n) is 7.40. The van der Waals surface area contributed by atoms with E-state index in [1.54, 1.807) is 0 Å². The van der Waals surface area contributed by atoms with Crippen LogP contribution in [0.1, 0.15) is 33.1 Å². The first kappa shape index (κ1) is 15.3. The summed E-state index contributed by atoms with van der Waals surface area (Å²) < 4.78 is 0. The quantitative estimate of drug-likeness (QED) is 0.537. The van der Waals surface area contributed by atoms with E-state index in [-0.39, 0.29) is 0 Å². The van der Waals surface area contributed by atoms with Gasteiger partial charge in [-0.3, -0.25) is 0 Å². The van der Waals surface area contributed by atoms with Gasteiger partial charge in [-0.25, -0.2) is 15.8 Å². The van der Waals surface area contributed by atoms with Crippen molar-refractivity contribution < 1.29 is 0 Å². The first-order chi connectivity index (χ1) is 10.2. The Morgan fingerprint density at radius 1 is 1.14 bits per heavy atom. The molecule has 1 aromatic heterocycles. The van der Waals surface area contributed by atoms with Crippen LogP contribution in [0.3, 0.4) is 0 Å². The lowest BCUT2D eigenvalue weighted by Gasteiger charge is -2.15. The van der Waals surface area contributed by atoms with Gasteiger partial charge in [0.15, 0.2) is 5.82 Å². The molecule has 0 aliphatic rings. The maximum absolute atomic E-state index is 5.51. The van der Waals surface area contributed by atoms with Crippen molar-refractivity contribution in [2.24, 2.45) is 5.84 Å². The summed E-state index contributed by atoms with van der Waals surface area (Å²) in [5.74, 6) is 7.57. The van der Waals surface area contributed by atoms with E-state index in [0.717, 1.165) is 17.8 Å². The smallest absolute Gasteiger partial charge is 0.163 e. The lowest BCUT2D eigenvalue weighted by Crippen LogP contribution is -2.17. The van der Waals surface area contributed by atoms with Gasteiger partial charge >= 0.3 is 0 Å². The van der Waals surface area contributed by atoms with E-state index in [1.165, 1.54) is 12.8 Å². The standard InChI is InChI=1S/C16H23N5/c1-3-4-8-12(2)18-14-11-15(21-17)20-16(19-14)13-9-6-5-7-10-13/h5-7,9-12H,3-4,8,17H2,1-2H3,(H2,18,19,20,21). The molecule has 2 aromatic rings. The second-order valence-electron chi connectivity index (χ2n) is 5.16. The Hall–Kier alpha value is -2.14. The number of benzene rings is 1. The largest absolute Gasteiger partial charge is 0.367 e. The average Bonchev–Trinajstić information content (AvgIpc) is 2.53. The number of hydrazine groups is 1. The van der Waals surface area contributed by atoms with Gasteiger partial charge < -0.3 is 10.7 Å². The fourth-order valence-corrected chi connectivity index (χ4v) is 2.15. The van der Waals surface area contributed by atoms with Crippen molar-refractivity contribution in [1.82, 2.24) is 9.97 Å². The highest BCUT2D eigenvalue weighted by Crippen LogP contribution is 2.20. The molecular weight excluding hydrogens is 262 g/mol. The Labute approximate surface area is 126 Å². The fourth-order valence-electron chi connectivity index (χ4n) is 2.15. The van der Waals surface area contributed by atoms with Crippen LogP contribution < -0.4 is 16.6 Å². The molecule has 1 heterocycles. The molecule has 0 radical (unpaired) electrons. The summed E-state index contributed by atoms with van der Waals surface area (Å²) in [6, 6.07) is 12.1.